The zero-order valence-corrected chi connectivity index (χ0v) is 18.2. The number of thioether (sulfide) groups is 1. The Labute approximate surface area is 170 Å². The molecule has 1 N–H and O–H groups in total. The summed E-state index contributed by atoms with van der Waals surface area (Å²) in [5.41, 5.74) is 0.893. The van der Waals surface area contributed by atoms with Crippen LogP contribution in [0.5, 0.6) is 0 Å². The fourth-order valence-electron chi connectivity index (χ4n) is 2.95. The molecule has 0 amide bonds. The maximum Gasteiger partial charge on any atom is 0.193 e. The number of aliphatic imine (C=N–C) groups is 1. The third-order valence-electron chi connectivity index (χ3n) is 4.36. The van der Waals surface area contributed by atoms with Crippen LogP contribution in [0.1, 0.15) is 19.7 Å². The van der Waals surface area contributed by atoms with Crippen molar-refractivity contribution in [1.82, 2.24) is 24.8 Å². The van der Waals surface area contributed by atoms with Gasteiger partial charge in [-0.15, -0.1) is 34.2 Å². The monoisotopic (exact) mass is 474 g/mol. The number of nitrogens with zero attached hydrogens (tertiary/aromatic N) is 5. The summed E-state index contributed by atoms with van der Waals surface area (Å²) in [5, 5.41) is 12.6. The topological polar surface area (TPSA) is 57.8 Å². The maximum absolute atomic E-state index is 4.47. The number of halogens is 1. The van der Waals surface area contributed by atoms with Crippen molar-refractivity contribution in [2.24, 2.45) is 10.9 Å². The smallest absolute Gasteiger partial charge is 0.193 e. The first-order valence-corrected chi connectivity index (χ1v) is 9.59. The van der Waals surface area contributed by atoms with Crippen LogP contribution in [-0.2, 0) is 6.42 Å². The van der Waals surface area contributed by atoms with E-state index >= 15 is 0 Å². The van der Waals surface area contributed by atoms with Crippen LogP contribution in [0.2, 0.25) is 0 Å². The number of aromatic nitrogens is 3. The second kappa shape index (κ2) is 9.61. The predicted molar refractivity (Wildman–Crippen MR) is 116 cm³/mol. The highest BCUT2D eigenvalue weighted by Gasteiger charge is 2.24. The van der Waals surface area contributed by atoms with Crippen LogP contribution < -0.4 is 5.32 Å². The minimum absolute atomic E-state index is 0. The van der Waals surface area contributed by atoms with Gasteiger partial charge < -0.3 is 10.2 Å². The number of rotatable bonds is 4. The molecule has 0 spiro atoms. The van der Waals surface area contributed by atoms with Crippen LogP contribution in [0, 0.1) is 5.92 Å². The van der Waals surface area contributed by atoms with Crippen molar-refractivity contribution < 1.29 is 0 Å². The van der Waals surface area contributed by atoms with E-state index in [2.05, 4.69) is 51.0 Å². The molecule has 1 saturated heterocycles. The number of hydrogen-bond acceptors (Lipinski definition) is 4. The van der Waals surface area contributed by atoms with E-state index in [-0.39, 0.29) is 24.0 Å². The van der Waals surface area contributed by atoms with Crippen molar-refractivity contribution in [2.75, 3.05) is 32.4 Å². The van der Waals surface area contributed by atoms with Gasteiger partial charge in [0.05, 0.1) is 0 Å². The number of hydrogen-bond donors (Lipinski definition) is 1. The van der Waals surface area contributed by atoms with Crippen molar-refractivity contribution in [3.63, 3.8) is 0 Å². The molecule has 1 aliphatic heterocycles. The third kappa shape index (κ3) is 4.99. The van der Waals surface area contributed by atoms with Crippen molar-refractivity contribution in [3.05, 3.63) is 30.2 Å². The molecule has 0 radical (unpaired) electrons. The maximum atomic E-state index is 4.47. The molecular formula is C17H27IN6S. The second-order valence-corrected chi connectivity index (χ2v) is 7.72. The Bertz CT molecular complexity index is 701. The molecule has 0 saturated carbocycles. The first-order valence-electron chi connectivity index (χ1n) is 8.55. The molecule has 2 aromatic heterocycles. The summed E-state index contributed by atoms with van der Waals surface area (Å²) >= 11 is 2.08. The first-order chi connectivity index (χ1) is 11.7. The molecule has 0 bridgehead atoms. The van der Waals surface area contributed by atoms with E-state index < -0.39 is 0 Å². The lowest BCUT2D eigenvalue weighted by atomic mass is 10.1. The molecule has 1 aliphatic rings. The molecule has 0 aromatic carbocycles. The minimum Gasteiger partial charge on any atom is -0.356 e. The quantitative estimate of drug-likeness (QED) is 0.420. The van der Waals surface area contributed by atoms with Crippen LogP contribution in [0.3, 0.4) is 0 Å². The first kappa shape index (κ1) is 20.3. The molecule has 3 heterocycles. The minimum atomic E-state index is 0. The Kier molecular flexibility index (Phi) is 7.80. The lowest BCUT2D eigenvalue weighted by Crippen LogP contribution is -2.49. The molecule has 3 rings (SSSR count). The second-order valence-electron chi connectivity index (χ2n) is 6.37. The van der Waals surface area contributed by atoms with Gasteiger partial charge in [-0.05, 0) is 18.1 Å². The average molecular weight is 474 g/mol. The van der Waals surface area contributed by atoms with E-state index in [0.717, 1.165) is 43.5 Å². The lowest BCUT2D eigenvalue weighted by Gasteiger charge is -2.36. The van der Waals surface area contributed by atoms with Crippen LogP contribution in [0.15, 0.2) is 29.4 Å². The van der Waals surface area contributed by atoms with E-state index in [1.54, 1.807) is 0 Å². The zero-order valence-electron chi connectivity index (χ0n) is 15.1. The molecular weight excluding hydrogens is 447 g/mol. The summed E-state index contributed by atoms with van der Waals surface area (Å²) in [6, 6.07) is 5.96. The molecule has 6 nitrogen and oxygen atoms in total. The van der Waals surface area contributed by atoms with Gasteiger partial charge in [0.25, 0.3) is 0 Å². The van der Waals surface area contributed by atoms with Gasteiger partial charge >= 0.3 is 0 Å². The van der Waals surface area contributed by atoms with Gasteiger partial charge in [-0.2, -0.15) is 11.8 Å². The standard InChI is InChI=1S/C17H26N6S.HI/c1-13(2)14-12-22(10-11-24-14)17(18-3)19-8-7-16-21-20-15-6-4-5-9-23(15)16;/h4-6,9,13-14H,7-8,10-12H2,1-3H3,(H,18,19);1H. The largest absolute Gasteiger partial charge is 0.356 e. The summed E-state index contributed by atoms with van der Waals surface area (Å²) in [4.78, 5) is 6.84. The normalized spacial score (nSPS) is 18.5. The fourth-order valence-corrected chi connectivity index (χ4v) is 4.25. The summed E-state index contributed by atoms with van der Waals surface area (Å²) in [6.07, 6.45) is 2.83. The van der Waals surface area contributed by atoms with Gasteiger partial charge in [0.15, 0.2) is 11.6 Å². The summed E-state index contributed by atoms with van der Waals surface area (Å²) in [6.45, 7) is 7.52. The van der Waals surface area contributed by atoms with E-state index in [4.69, 9.17) is 0 Å². The molecule has 25 heavy (non-hydrogen) atoms. The Morgan fingerprint density at radius 1 is 1.40 bits per heavy atom. The number of fused-ring (bicyclic) bond motifs is 1. The Morgan fingerprint density at radius 2 is 2.24 bits per heavy atom. The Morgan fingerprint density at radius 3 is 3.00 bits per heavy atom. The Hall–Kier alpha value is -1.03. The molecule has 1 unspecified atom stereocenters. The van der Waals surface area contributed by atoms with Crippen molar-refractivity contribution in [2.45, 2.75) is 25.5 Å². The van der Waals surface area contributed by atoms with Crippen molar-refractivity contribution in [1.29, 1.82) is 0 Å². The van der Waals surface area contributed by atoms with E-state index in [1.807, 2.05) is 35.8 Å². The number of guanidine groups is 1. The molecule has 2 aromatic rings. The summed E-state index contributed by atoms with van der Waals surface area (Å²) in [5.74, 6) is 3.83. The average Bonchev–Trinajstić information content (AvgIpc) is 3.02. The van der Waals surface area contributed by atoms with Gasteiger partial charge in [-0.1, -0.05) is 19.9 Å². The van der Waals surface area contributed by atoms with Crippen molar-refractivity contribution >= 4 is 47.3 Å². The molecule has 1 fully saturated rings. The molecule has 138 valence electrons. The lowest BCUT2D eigenvalue weighted by molar-refractivity contribution is 0.381. The van der Waals surface area contributed by atoms with Gasteiger partial charge in [0.2, 0.25) is 0 Å². The van der Waals surface area contributed by atoms with Gasteiger partial charge in [0.1, 0.15) is 5.82 Å². The molecule has 1 atom stereocenters. The predicted octanol–water partition coefficient (Wildman–Crippen LogP) is 2.54. The third-order valence-corrected chi connectivity index (χ3v) is 5.90. The summed E-state index contributed by atoms with van der Waals surface area (Å²) in [7, 11) is 1.86. The van der Waals surface area contributed by atoms with Gasteiger partial charge in [-0.25, -0.2) is 0 Å². The van der Waals surface area contributed by atoms with Gasteiger partial charge in [0, 0.05) is 50.3 Å². The van der Waals surface area contributed by atoms with E-state index in [9.17, 15) is 0 Å². The number of pyridine rings is 1. The highest BCUT2D eigenvalue weighted by molar-refractivity contribution is 14.0. The molecule has 8 heteroatoms. The molecule has 0 aliphatic carbocycles. The van der Waals surface area contributed by atoms with Crippen LogP contribution in [0.4, 0.5) is 0 Å². The van der Waals surface area contributed by atoms with Crippen LogP contribution in [-0.4, -0.2) is 63.1 Å². The van der Waals surface area contributed by atoms with Crippen LogP contribution >= 0.6 is 35.7 Å². The highest BCUT2D eigenvalue weighted by Crippen LogP contribution is 2.24. The Balaban J connectivity index is 0.00000225. The fraction of sp³-hybridized carbons (Fsp3) is 0.588. The highest BCUT2D eigenvalue weighted by atomic mass is 127. The van der Waals surface area contributed by atoms with E-state index in [0.29, 0.717) is 11.2 Å². The van der Waals surface area contributed by atoms with Crippen molar-refractivity contribution in [3.8, 4) is 0 Å². The zero-order chi connectivity index (χ0) is 16.9. The summed E-state index contributed by atoms with van der Waals surface area (Å²) < 4.78 is 2.04. The SMILES string of the molecule is CN=C(NCCc1nnc2ccccn12)N1CCSC(C(C)C)C1.I. The number of nitrogens with one attached hydrogen (secondary N) is 1. The van der Waals surface area contributed by atoms with E-state index in [1.165, 1.54) is 5.75 Å². The van der Waals surface area contributed by atoms with Crippen LogP contribution in [0.25, 0.3) is 5.65 Å². The van der Waals surface area contributed by atoms with Gasteiger partial charge in [-0.3, -0.25) is 9.39 Å².